The van der Waals surface area contributed by atoms with Crippen molar-refractivity contribution in [2.24, 2.45) is 0 Å². The van der Waals surface area contributed by atoms with Crippen molar-refractivity contribution >= 4 is 24.5 Å². The van der Waals surface area contributed by atoms with Gasteiger partial charge in [0.05, 0.1) is 6.16 Å². The molecule has 2 aromatic carbocycles. The summed E-state index contributed by atoms with van der Waals surface area (Å²) in [5.41, 5.74) is 0. The number of carbonyl (C=O) groups is 1. The van der Waals surface area contributed by atoms with E-state index in [2.05, 4.69) is 0 Å². The minimum absolute atomic E-state index is 0. The first-order chi connectivity index (χ1) is 8.27. The summed E-state index contributed by atoms with van der Waals surface area (Å²) in [4.78, 5) is 11.0. The Bertz CT molecular complexity index is 448. The van der Waals surface area contributed by atoms with E-state index < -0.39 is 13.9 Å². The summed E-state index contributed by atoms with van der Waals surface area (Å²) in [5.74, 6) is -0.746. The fourth-order valence-electron chi connectivity index (χ4n) is 1.68. The fourth-order valence-corrected chi connectivity index (χ4v) is 3.68. The molecule has 0 aliphatic heterocycles. The third-order valence-electron chi connectivity index (χ3n) is 2.43. The van der Waals surface area contributed by atoms with Crippen molar-refractivity contribution in [2.75, 3.05) is 6.16 Å². The SMILES string of the molecule is O=C(O)CP(c1ccccc1)c1ccccc1.[NiH]. The van der Waals surface area contributed by atoms with Crippen LogP contribution in [0.4, 0.5) is 0 Å². The van der Waals surface area contributed by atoms with Gasteiger partial charge < -0.3 is 5.11 Å². The summed E-state index contributed by atoms with van der Waals surface area (Å²) >= 11 is 0. The predicted octanol–water partition coefficient (Wildman–Crippen LogP) is 1.93. The molecule has 0 spiro atoms. The fraction of sp³-hybridized carbons (Fsp3) is 0.0714. The van der Waals surface area contributed by atoms with Crippen LogP contribution in [0.25, 0.3) is 0 Å². The molecule has 97 valence electrons. The average molecular weight is 304 g/mol. The monoisotopic (exact) mass is 303 g/mol. The Morgan fingerprint density at radius 3 is 1.61 bits per heavy atom. The van der Waals surface area contributed by atoms with Crippen LogP contribution in [0.5, 0.6) is 0 Å². The molecule has 0 amide bonds. The Labute approximate surface area is 118 Å². The summed E-state index contributed by atoms with van der Waals surface area (Å²) in [5, 5.41) is 11.2. The van der Waals surface area contributed by atoms with E-state index in [0.29, 0.717) is 0 Å². The maximum absolute atomic E-state index is 11.0. The standard InChI is InChI=1S/C14H13O2P.Ni.H/c15-14(16)11-17(12-7-3-1-4-8-12)13-9-5-2-6-10-13;;/h1-10H,11H2,(H,15,16);;. The molecule has 1 N–H and O–H groups in total. The van der Waals surface area contributed by atoms with Gasteiger partial charge in [-0.15, -0.1) is 0 Å². The van der Waals surface area contributed by atoms with Crippen LogP contribution in [0, 0.1) is 0 Å². The molecular formula is C14H14NiO2P. The second kappa shape index (κ2) is 7.31. The van der Waals surface area contributed by atoms with E-state index in [1.807, 2.05) is 60.7 Å². The molecule has 0 aliphatic carbocycles. The predicted molar refractivity (Wildman–Crippen MR) is 73.0 cm³/mol. The molecule has 18 heavy (non-hydrogen) atoms. The summed E-state index contributed by atoms with van der Waals surface area (Å²) in [7, 11) is -0.790. The Morgan fingerprint density at radius 2 is 1.28 bits per heavy atom. The number of carboxylic acids is 1. The minimum atomic E-state index is -0.790. The number of rotatable bonds is 4. The molecule has 0 radical (unpaired) electrons. The van der Waals surface area contributed by atoms with Gasteiger partial charge in [-0.05, 0) is 18.5 Å². The Morgan fingerprint density at radius 1 is 0.889 bits per heavy atom. The van der Waals surface area contributed by atoms with Gasteiger partial charge in [0.15, 0.2) is 0 Å². The second-order valence-corrected chi connectivity index (χ2v) is 5.86. The normalized spacial score (nSPS) is 9.83. The molecule has 4 heteroatoms. The van der Waals surface area contributed by atoms with Gasteiger partial charge in [0, 0.05) is 0 Å². The van der Waals surface area contributed by atoms with E-state index in [9.17, 15) is 4.79 Å². The Balaban J connectivity index is 0.00000162. The van der Waals surface area contributed by atoms with Crippen LogP contribution >= 0.6 is 7.92 Å². The van der Waals surface area contributed by atoms with Gasteiger partial charge in [-0.25, -0.2) is 0 Å². The second-order valence-electron chi connectivity index (χ2n) is 3.65. The molecule has 2 aromatic rings. The van der Waals surface area contributed by atoms with E-state index in [4.69, 9.17) is 5.11 Å². The summed E-state index contributed by atoms with van der Waals surface area (Å²) < 4.78 is 0. The van der Waals surface area contributed by atoms with Crippen molar-refractivity contribution in [1.82, 2.24) is 0 Å². The average Bonchev–Trinajstić information content (AvgIpc) is 2.38. The molecule has 0 bridgehead atoms. The molecule has 0 fully saturated rings. The summed E-state index contributed by atoms with van der Waals surface area (Å²) in [6.07, 6.45) is 0.184. The zero-order valence-electron chi connectivity index (χ0n) is 9.62. The number of hydrogen-bond donors (Lipinski definition) is 1. The van der Waals surface area contributed by atoms with E-state index in [1.54, 1.807) is 0 Å². The first kappa shape index (κ1) is 14.9. The van der Waals surface area contributed by atoms with Crippen LogP contribution in [-0.4, -0.2) is 17.2 Å². The van der Waals surface area contributed by atoms with E-state index in [0.717, 1.165) is 10.6 Å². The van der Waals surface area contributed by atoms with Crippen LogP contribution in [0.15, 0.2) is 60.7 Å². The van der Waals surface area contributed by atoms with Crippen molar-refractivity contribution in [2.45, 2.75) is 0 Å². The number of carboxylic acid groups (broad SMARTS) is 1. The summed E-state index contributed by atoms with van der Waals surface area (Å²) in [6.45, 7) is 0. The van der Waals surface area contributed by atoms with Gasteiger partial charge in [-0.2, -0.15) is 0 Å². The van der Waals surface area contributed by atoms with Crippen molar-refractivity contribution < 1.29 is 26.4 Å². The molecule has 0 saturated heterocycles. The zero-order chi connectivity index (χ0) is 12.1. The van der Waals surface area contributed by atoms with Crippen LogP contribution < -0.4 is 10.6 Å². The van der Waals surface area contributed by atoms with Crippen LogP contribution in [-0.2, 0) is 21.3 Å². The third kappa shape index (κ3) is 3.94. The topological polar surface area (TPSA) is 37.3 Å². The molecule has 0 aliphatic rings. The van der Waals surface area contributed by atoms with Gasteiger partial charge >= 0.3 is 22.5 Å². The zero-order valence-corrected chi connectivity index (χ0v) is 11.6. The maximum atomic E-state index is 11.0. The number of aliphatic carboxylic acids is 1. The molecule has 0 unspecified atom stereocenters. The van der Waals surface area contributed by atoms with Crippen molar-refractivity contribution in [1.29, 1.82) is 0 Å². The van der Waals surface area contributed by atoms with Gasteiger partial charge in [0.1, 0.15) is 0 Å². The van der Waals surface area contributed by atoms with Crippen molar-refractivity contribution in [3.05, 3.63) is 60.7 Å². The quantitative estimate of drug-likeness (QED) is 0.692. The molecule has 2 rings (SSSR count). The third-order valence-corrected chi connectivity index (χ3v) is 4.86. The Hall–Kier alpha value is -1.17. The van der Waals surface area contributed by atoms with Gasteiger partial charge in [0.2, 0.25) is 0 Å². The first-order valence-corrected chi connectivity index (χ1v) is 6.89. The molecule has 2 nitrogen and oxygen atoms in total. The molecule has 0 saturated carbocycles. The molecule has 0 aromatic heterocycles. The Kier molecular flexibility index (Phi) is 6.05. The molecular weight excluding hydrogens is 290 g/mol. The van der Waals surface area contributed by atoms with E-state index in [1.165, 1.54) is 0 Å². The van der Waals surface area contributed by atoms with Crippen LogP contribution in [0.3, 0.4) is 0 Å². The van der Waals surface area contributed by atoms with E-state index >= 15 is 0 Å². The molecule has 0 atom stereocenters. The van der Waals surface area contributed by atoms with Crippen molar-refractivity contribution in [3.63, 3.8) is 0 Å². The van der Waals surface area contributed by atoms with Crippen molar-refractivity contribution in [3.8, 4) is 0 Å². The van der Waals surface area contributed by atoms with Gasteiger partial charge in [-0.3, -0.25) is 4.79 Å². The number of hydrogen-bond acceptors (Lipinski definition) is 1. The van der Waals surface area contributed by atoms with Gasteiger partial charge in [0.25, 0.3) is 0 Å². The van der Waals surface area contributed by atoms with Crippen LogP contribution in [0.1, 0.15) is 0 Å². The first-order valence-electron chi connectivity index (χ1n) is 5.37. The van der Waals surface area contributed by atoms with Crippen LogP contribution in [0.2, 0.25) is 0 Å². The summed E-state index contributed by atoms with van der Waals surface area (Å²) in [6, 6.07) is 19.7. The van der Waals surface area contributed by atoms with E-state index in [-0.39, 0.29) is 22.7 Å². The van der Waals surface area contributed by atoms with Gasteiger partial charge in [-0.1, -0.05) is 60.7 Å². The number of benzene rings is 2. The molecule has 0 heterocycles.